The average molecular weight is 404 g/mol. The molecule has 1 aliphatic carbocycles. The zero-order valence-electron chi connectivity index (χ0n) is 14.8. The molecule has 0 spiro atoms. The summed E-state index contributed by atoms with van der Waals surface area (Å²) in [4.78, 5) is 22.5. The van der Waals surface area contributed by atoms with Crippen molar-refractivity contribution in [3.8, 4) is 11.1 Å². The van der Waals surface area contributed by atoms with E-state index in [0.717, 1.165) is 12.8 Å². The number of sulfonamides is 1. The van der Waals surface area contributed by atoms with Crippen LogP contribution in [0.25, 0.3) is 11.1 Å². The number of amides is 2. The average Bonchev–Trinajstić information content (AvgIpc) is 3.45. The van der Waals surface area contributed by atoms with Crippen molar-refractivity contribution in [1.82, 2.24) is 9.73 Å². The van der Waals surface area contributed by atoms with Gasteiger partial charge in [-0.3, -0.25) is 10.6 Å². The number of urea groups is 1. The molecular formula is C18H20N4O5S. The van der Waals surface area contributed by atoms with E-state index in [1.807, 2.05) is 0 Å². The lowest BCUT2D eigenvalue weighted by atomic mass is 10.1. The maximum Gasteiger partial charge on any atom is 0.320 e. The molecule has 1 fully saturated rings. The molecule has 0 atom stereocenters. The van der Waals surface area contributed by atoms with Crippen molar-refractivity contribution in [2.45, 2.75) is 23.8 Å². The van der Waals surface area contributed by atoms with Gasteiger partial charge in [0.25, 0.3) is 10.0 Å². The molecule has 2 amide bonds. The lowest BCUT2D eigenvalue weighted by molar-refractivity contribution is -0.137. The normalized spacial score (nSPS) is 13.9. The van der Waals surface area contributed by atoms with Crippen LogP contribution in [-0.2, 0) is 14.8 Å². The van der Waals surface area contributed by atoms with Crippen LogP contribution in [0.4, 0.5) is 10.5 Å². The van der Waals surface area contributed by atoms with Gasteiger partial charge in [0, 0.05) is 11.7 Å². The van der Waals surface area contributed by atoms with Crippen LogP contribution in [0.2, 0.25) is 0 Å². The smallest absolute Gasteiger partial charge is 0.320 e. The van der Waals surface area contributed by atoms with E-state index in [-0.39, 0.29) is 21.4 Å². The summed E-state index contributed by atoms with van der Waals surface area (Å²) >= 11 is 0. The molecular weight excluding hydrogens is 384 g/mol. The summed E-state index contributed by atoms with van der Waals surface area (Å²) in [7, 11) is -4.15. The maximum atomic E-state index is 12.4. The number of carboxylic acid groups (broad SMARTS) is 1. The van der Waals surface area contributed by atoms with Gasteiger partial charge in [0.2, 0.25) is 0 Å². The van der Waals surface area contributed by atoms with E-state index in [1.54, 1.807) is 30.3 Å². The minimum Gasteiger partial charge on any atom is -0.480 e. The zero-order valence-corrected chi connectivity index (χ0v) is 15.6. The van der Waals surface area contributed by atoms with Crippen molar-refractivity contribution >= 4 is 27.7 Å². The first-order chi connectivity index (χ1) is 13.3. The number of hydrogen-bond donors (Lipinski definition) is 4. The first-order valence-corrected chi connectivity index (χ1v) is 9.97. The molecule has 0 unspecified atom stereocenters. The Labute approximate surface area is 162 Å². The Morgan fingerprint density at radius 2 is 1.75 bits per heavy atom. The quantitative estimate of drug-likeness (QED) is 0.408. The fourth-order valence-corrected chi connectivity index (χ4v) is 3.62. The molecule has 5 N–H and O–H groups in total. The minimum atomic E-state index is -4.15. The van der Waals surface area contributed by atoms with E-state index in [4.69, 9.17) is 10.9 Å². The number of nitrogens with two attached hydrogens (primary N) is 1. The number of nitrogens with zero attached hydrogens (tertiary/aromatic N) is 1. The summed E-state index contributed by atoms with van der Waals surface area (Å²) < 4.78 is 25.2. The van der Waals surface area contributed by atoms with E-state index in [9.17, 15) is 18.0 Å². The lowest BCUT2D eigenvalue weighted by Crippen LogP contribution is -2.41. The van der Waals surface area contributed by atoms with Crippen LogP contribution in [-0.4, -0.2) is 42.5 Å². The second-order valence-corrected chi connectivity index (χ2v) is 8.32. The van der Waals surface area contributed by atoms with Crippen molar-refractivity contribution in [3.05, 3.63) is 48.5 Å². The second-order valence-electron chi connectivity index (χ2n) is 6.43. The fraction of sp³-hybridized carbons (Fsp3) is 0.222. The van der Waals surface area contributed by atoms with Gasteiger partial charge in [-0.15, -0.1) is 4.41 Å². The minimum absolute atomic E-state index is 0.126. The van der Waals surface area contributed by atoms with Crippen LogP contribution < -0.4 is 16.5 Å². The van der Waals surface area contributed by atoms with Crippen molar-refractivity contribution in [3.63, 3.8) is 0 Å². The first kappa shape index (κ1) is 19.8. The number of aliphatic carboxylic acids is 1. The number of rotatable bonds is 7. The summed E-state index contributed by atoms with van der Waals surface area (Å²) in [5.74, 6) is 4.05. The van der Waals surface area contributed by atoms with Gasteiger partial charge >= 0.3 is 12.0 Å². The van der Waals surface area contributed by atoms with Crippen molar-refractivity contribution < 1.29 is 23.1 Å². The molecule has 10 heteroatoms. The molecule has 0 aliphatic heterocycles. The molecule has 1 aliphatic rings. The molecule has 2 aromatic carbocycles. The molecule has 0 saturated heterocycles. The van der Waals surface area contributed by atoms with Gasteiger partial charge in [-0.1, -0.05) is 24.3 Å². The van der Waals surface area contributed by atoms with Crippen molar-refractivity contribution in [2.24, 2.45) is 5.84 Å². The third-order valence-electron chi connectivity index (χ3n) is 4.10. The van der Waals surface area contributed by atoms with Gasteiger partial charge in [0.1, 0.15) is 6.54 Å². The molecule has 0 radical (unpaired) electrons. The third kappa shape index (κ3) is 4.85. The maximum absolute atomic E-state index is 12.4. The molecule has 0 bridgehead atoms. The van der Waals surface area contributed by atoms with Gasteiger partial charge in [-0.05, 0) is 48.2 Å². The van der Waals surface area contributed by atoms with E-state index >= 15 is 0 Å². The summed E-state index contributed by atoms with van der Waals surface area (Å²) in [6.45, 7) is -0.845. The fourth-order valence-electron chi connectivity index (χ4n) is 2.55. The molecule has 2 aromatic rings. The van der Waals surface area contributed by atoms with E-state index in [0.29, 0.717) is 16.8 Å². The highest BCUT2D eigenvalue weighted by Gasteiger charge is 2.24. The Hall–Kier alpha value is -2.95. The Balaban J connectivity index is 1.82. The van der Waals surface area contributed by atoms with Gasteiger partial charge in [-0.2, -0.15) is 0 Å². The predicted molar refractivity (Wildman–Crippen MR) is 103 cm³/mol. The van der Waals surface area contributed by atoms with Gasteiger partial charge in [-0.25, -0.2) is 13.2 Å². The Kier molecular flexibility index (Phi) is 5.63. The van der Waals surface area contributed by atoms with Crippen LogP contribution in [0, 0.1) is 0 Å². The van der Waals surface area contributed by atoms with Crippen LogP contribution in [0.3, 0.4) is 0 Å². The SMILES string of the molecule is NN(CC(=O)O)S(=O)(=O)c1cccc(-c2cccc(NC(=O)NC3CC3)c2)c1. The molecule has 9 nitrogen and oxygen atoms in total. The molecule has 3 rings (SSSR count). The van der Waals surface area contributed by atoms with Crippen LogP contribution >= 0.6 is 0 Å². The molecule has 0 heterocycles. The molecule has 1 saturated carbocycles. The van der Waals surface area contributed by atoms with Crippen molar-refractivity contribution in [2.75, 3.05) is 11.9 Å². The zero-order chi connectivity index (χ0) is 20.3. The van der Waals surface area contributed by atoms with Gasteiger partial charge in [0.05, 0.1) is 4.90 Å². The number of hydrogen-bond acceptors (Lipinski definition) is 5. The topological polar surface area (TPSA) is 142 Å². The molecule has 148 valence electrons. The third-order valence-corrected chi connectivity index (χ3v) is 5.69. The van der Waals surface area contributed by atoms with Gasteiger partial charge in [0.15, 0.2) is 0 Å². The van der Waals surface area contributed by atoms with Crippen LogP contribution in [0.1, 0.15) is 12.8 Å². The Morgan fingerprint density at radius 3 is 2.39 bits per heavy atom. The number of anilines is 1. The summed E-state index contributed by atoms with van der Waals surface area (Å²) in [5.41, 5.74) is 1.83. The van der Waals surface area contributed by atoms with Crippen molar-refractivity contribution in [1.29, 1.82) is 0 Å². The van der Waals surface area contributed by atoms with Crippen LogP contribution in [0.5, 0.6) is 0 Å². The highest BCUT2D eigenvalue weighted by Crippen LogP contribution is 2.26. The Morgan fingerprint density at radius 1 is 1.11 bits per heavy atom. The number of hydrazine groups is 1. The monoisotopic (exact) mass is 404 g/mol. The highest BCUT2D eigenvalue weighted by molar-refractivity contribution is 7.89. The number of carboxylic acids is 1. The second kappa shape index (κ2) is 7.97. The molecule has 28 heavy (non-hydrogen) atoms. The lowest BCUT2D eigenvalue weighted by Gasteiger charge is -2.15. The molecule has 0 aromatic heterocycles. The van der Waals surface area contributed by atoms with Gasteiger partial charge < -0.3 is 15.7 Å². The largest absolute Gasteiger partial charge is 0.480 e. The summed E-state index contributed by atoms with van der Waals surface area (Å²) in [6, 6.07) is 12.9. The highest BCUT2D eigenvalue weighted by atomic mass is 32.2. The number of nitrogens with one attached hydrogen (secondary N) is 2. The standard InChI is InChI=1S/C18H20N4O5S/c19-22(11-17(23)24)28(26,27)16-6-2-4-13(10-16)12-3-1-5-15(9-12)21-18(25)20-14-7-8-14/h1-6,9-10,14H,7-8,11,19H2,(H,23,24)(H2,20,21,25). The Bertz CT molecular complexity index is 1000. The summed E-state index contributed by atoms with van der Waals surface area (Å²) in [5, 5.41) is 14.3. The van der Waals surface area contributed by atoms with E-state index in [2.05, 4.69) is 10.6 Å². The van der Waals surface area contributed by atoms with E-state index < -0.39 is 22.5 Å². The predicted octanol–water partition coefficient (Wildman–Crippen LogP) is 1.59. The van der Waals surface area contributed by atoms with Crippen LogP contribution in [0.15, 0.2) is 53.4 Å². The number of benzene rings is 2. The van der Waals surface area contributed by atoms with E-state index in [1.165, 1.54) is 18.2 Å². The number of carbonyl (C=O) groups excluding carboxylic acids is 1. The summed E-state index contributed by atoms with van der Waals surface area (Å²) in [6.07, 6.45) is 1.96. The first-order valence-electron chi connectivity index (χ1n) is 8.53. The number of carbonyl (C=O) groups is 2.